The van der Waals surface area contributed by atoms with Gasteiger partial charge >= 0.3 is 0 Å². The topological polar surface area (TPSA) is 3.24 Å². The van der Waals surface area contributed by atoms with E-state index in [9.17, 15) is 0 Å². The molecule has 0 aromatic heterocycles. The van der Waals surface area contributed by atoms with E-state index in [1.807, 2.05) is 0 Å². The molecule has 0 aliphatic carbocycles. The van der Waals surface area contributed by atoms with E-state index in [1.165, 1.54) is 76.8 Å². The largest absolute Gasteiger partial charge is 0.310 e. The van der Waals surface area contributed by atoms with E-state index in [-0.39, 0.29) is 0 Å². The summed E-state index contributed by atoms with van der Waals surface area (Å²) in [5, 5.41) is 7.61. The Bertz CT molecular complexity index is 2930. The van der Waals surface area contributed by atoms with Gasteiger partial charge in [-0.15, -0.1) is 0 Å². The zero-order chi connectivity index (χ0) is 36.6. The monoisotopic (exact) mass is 699 g/mol. The maximum atomic E-state index is 2.41. The molecular weight excluding hydrogens is 663 g/mol. The van der Waals surface area contributed by atoms with Crippen molar-refractivity contribution in [1.82, 2.24) is 0 Å². The van der Waals surface area contributed by atoms with Crippen molar-refractivity contribution in [3.8, 4) is 44.5 Å². The Balaban J connectivity index is 1.15. The minimum absolute atomic E-state index is 1.10. The molecule has 0 saturated carbocycles. The third-order valence-electron chi connectivity index (χ3n) is 10.8. The number of hydrogen-bond acceptors (Lipinski definition) is 1. The predicted octanol–water partition coefficient (Wildman–Crippen LogP) is 15.3. The molecule has 1 heteroatoms. The second-order valence-electron chi connectivity index (χ2n) is 14.1. The Hall–Kier alpha value is -7.22. The molecule has 10 aromatic rings. The normalized spacial score (nSPS) is 11.3. The van der Waals surface area contributed by atoms with Gasteiger partial charge in [-0.3, -0.25) is 0 Å². The van der Waals surface area contributed by atoms with Crippen LogP contribution < -0.4 is 4.90 Å². The van der Waals surface area contributed by atoms with Gasteiger partial charge in [0, 0.05) is 16.9 Å². The maximum absolute atomic E-state index is 2.41. The van der Waals surface area contributed by atoms with Gasteiger partial charge < -0.3 is 4.90 Å². The molecule has 0 atom stereocenters. The first-order valence-electron chi connectivity index (χ1n) is 18.9. The van der Waals surface area contributed by atoms with Crippen LogP contribution in [0.4, 0.5) is 17.1 Å². The van der Waals surface area contributed by atoms with E-state index in [0.717, 1.165) is 17.1 Å². The van der Waals surface area contributed by atoms with E-state index in [4.69, 9.17) is 0 Å². The average molecular weight is 700 g/mol. The minimum Gasteiger partial charge on any atom is -0.310 e. The highest BCUT2D eigenvalue weighted by atomic mass is 15.1. The minimum atomic E-state index is 1.10. The molecule has 0 bridgehead atoms. The van der Waals surface area contributed by atoms with E-state index in [1.54, 1.807) is 0 Å². The number of rotatable bonds is 7. The maximum Gasteiger partial charge on any atom is 0.0540 e. The van der Waals surface area contributed by atoms with Gasteiger partial charge in [0.25, 0.3) is 0 Å². The summed E-state index contributed by atoms with van der Waals surface area (Å²) in [6.45, 7) is 0. The van der Waals surface area contributed by atoms with Gasteiger partial charge in [0.05, 0.1) is 5.69 Å². The number of nitrogens with zero attached hydrogens (tertiary/aromatic N) is 1. The average Bonchev–Trinajstić information content (AvgIpc) is 3.27. The van der Waals surface area contributed by atoms with Crippen LogP contribution in [0.1, 0.15) is 0 Å². The molecule has 0 radical (unpaired) electrons. The predicted molar refractivity (Wildman–Crippen MR) is 235 cm³/mol. The van der Waals surface area contributed by atoms with Crippen LogP contribution in [-0.2, 0) is 0 Å². The molecule has 1 nitrogen and oxygen atoms in total. The standard InChI is InChI=1S/C54H37N/c1-3-14-38(15-4-1)40-26-28-43(29-27-40)48-22-11-12-25-53(48)55(46-33-30-41(31-34-46)39-16-5-2-6-17-39)47-21-13-20-44(36-47)52-37-45-19-8-10-24-50(45)54-49-23-9-7-18-42(49)32-35-51(52)54/h1-37H. The summed E-state index contributed by atoms with van der Waals surface area (Å²) >= 11 is 0. The zero-order valence-corrected chi connectivity index (χ0v) is 30.3. The molecule has 0 aliphatic heterocycles. The second kappa shape index (κ2) is 14.0. The third kappa shape index (κ3) is 6.02. The molecule has 258 valence electrons. The summed E-state index contributed by atoms with van der Waals surface area (Å²) in [4.78, 5) is 2.41. The molecule has 0 spiro atoms. The fourth-order valence-corrected chi connectivity index (χ4v) is 8.17. The number of anilines is 3. The third-order valence-corrected chi connectivity index (χ3v) is 10.8. The molecule has 55 heavy (non-hydrogen) atoms. The van der Waals surface area contributed by atoms with Gasteiger partial charge in [-0.25, -0.2) is 0 Å². The van der Waals surface area contributed by atoms with Crippen LogP contribution in [0.3, 0.4) is 0 Å². The molecule has 0 fully saturated rings. The summed E-state index contributed by atoms with van der Waals surface area (Å²) in [5.41, 5.74) is 12.9. The van der Waals surface area contributed by atoms with Crippen LogP contribution >= 0.6 is 0 Å². The van der Waals surface area contributed by atoms with E-state index in [0.29, 0.717) is 0 Å². The molecule has 0 N–H and O–H groups in total. The molecule has 0 unspecified atom stereocenters. The fourth-order valence-electron chi connectivity index (χ4n) is 8.17. The van der Waals surface area contributed by atoms with Crippen molar-refractivity contribution >= 4 is 49.4 Å². The van der Waals surface area contributed by atoms with E-state index in [2.05, 4.69) is 229 Å². The van der Waals surface area contributed by atoms with Crippen LogP contribution in [-0.4, -0.2) is 0 Å². The van der Waals surface area contributed by atoms with Gasteiger partial charge in [0.1, 0.15) is 0 Å². The highest BCUT2D eigenvalue weighted by Gasteiger charge is 2.19. The van der Waals surface area contributed by atoms with Crippen LogP contribution in [0.5, 0.6) is 0 Å². The Morgan fingerprint density at radius 1 is 0.255 bits per heavy atom. The fraction of sp³-hybridized carbons (Fsp3) is 0. The number of benzene rings is 10. The number of hydrogen-bond donors (Lipinski definition) is 0. The summed E-state index contributed by atoms with van der Waals surface area (Å²) < 4.78 is 0. The second-order valence-corrected chi connectivity index (χ2v) is 14.1. The van der Waals surface area contributed by atoms with Gasteiger partial charge in [-0.1, -0.05) is 188 Å². The van der Waals surface area contributed by atoms with Crippen molar-refractivity contribution in [2.75, 3.05) is 4.90 Å². The first kappa shape index (κ1) is 32.4. The van der Waals surface area contributed by atoms with E-state index >= 15 is 0 Å². The van der Waals surface area contributed by atoms with Crippen molar-refractivity contribution in [2.45, 2.75) is 0 Å². The summed E-state index contributed by atoms with van der Waals surface area (Å²) in [6.07, 6.45) is 0. The van der Waals surface area contributed by atoms with Crippen LogP contribution in [0.2, 0.25) is 0 Å². The Morgan fingerprint density at radius 2 is 0.782 bits per heavy atom. The molecule has 10 rings (SSSR count). The van der Waals surface area contributed by atoms with Gasteiger partial charge in [-0.05, 0) is 108 Å². The first-order valence-corrected chi connectivity index (χ1v) is 18.9. The molecule has 0 saturated heterocycles. The summed E-state index contributed by atoms with van der Waals surface area (Å²) in [7, 11) is 0. The molecule has 0 heterocycles. The zero-order valence-electron chi connectivity index (χ0n) is 30.3. The first-order chi connectivity index (χ1) is 27.3. The van der Waals surface area contributed by atoms with Gasteiger partial charge in [-0.2, -0.15) is 0 Å². The highest BCUT2D eigenvalue weighted by molar-refractivity contribution is 6.24. The quantitative estimate of drug-likeness (QED) is 0.150. The van der Waals surface area contributed by atoms with Crippen molar-refractivity contribution in [3.05, 3.63) is 224 Å². The summed E-state index contributed by atoms with van der Waals surface area (Å²) in [6, 6.07) is 81.4. The van der Waals surface area contributed by atoms with Crippen LogP contribution in [0.15, 0.2) is 224 Å². The Morgan fingerprint density at radius 3 is 1.49 bits per heavy atom. The van der Waals surface area contributed by atoms with Crippen molar-refractivity contribution in [2.24, 2.45) is 0 Å². The molecule has 10 aromatic carbocycles. The van der Waals surface area contributed by atoms with Crippen LogP contribution in [0.25, 0.3) is 76.8 Å². The lowest BCUT2D eigenvalue weighted by Crippen LogP contribution is -2.11. The van der Waals surface area contributed by atoms with Gasteiger partial charge in [0.2, 0.25) is 0 Å². The smallest absolute Gasteiger partial charge is 0.0540 e. The van der Waals surface area contributed by atoms with Gasteiger partial charge in [0.15, 0.2) is 0 Å². The summed E-state index contributed by atoms with van der Waals surface area (Å²) in [5.74, 6) is 0. The molecular formula is C54H37N. The van der Waals surface area contributed by atoms with Crippen molar-refractivity contribution < 1.29 is 0 Å². The van der Waals surface area contributed by atoms with Crippen LogP contribution in [0, 0.1) is 0 Å². The Kier molecular flexibility index (Phi) is 8.24. The molecule has 0 aliphatic rings. The van der Waals surface area contributed by atoms with Crippen molar-refractivity contribution in [1.29, 1.82) is 0 Å². The lowest BCUT2D eigenvalue weighted by molar-refractivity contribution is 1.28. The van der Waals surface area contributed by atoms with E-state index < -0.39 is 0 Å². The number of fused-ring (bicyclic) bond motifs is 5. The Labute approximate surface area is 322 Å². The lowest BCUT2D eigenvalue weighted by Gasteiger charge is -2.28. The lowest BCUT2D eigenvalue weighted by atomic mass is 9.90. The van der Waals surface area contributed by atoms with Crippen molar-refractivity contribution in [3.63, 3.8) is 0 Å². The molecule has 0 amide bonds. The highest BCUT2D eigenvalue weighted by Crippen LogP contribution is 2.44. The number of para-hydroxylation sites is 1. The SMILES string of the molecule is c1ccc(-c2ccc(-c3ccccc3N(c3ccc(-c4ccccc4)cc3)c3cccc(-c4cc5ccccc5c5c4ccc4ccccc45)c3)cc2)cc1.